The Bertz CT molecular complexity index is 1120. The number of carboxylic acid groups (broad SMARTS) is 1. The number of carbonyl (C=O) groups excluding carboxylic acids is 2. The molecular weight excluding hydrogens is 462 g/mol. The third-order valence-corrected chi connectivity index (χ3v) is 5.76. The van der Waals surface area contributed by atoms with Gasteiger partial charge in [-0.3, -0.25) is 14.5 Å². The molecule has 3 aromatic carbocycles. The van der Waals surface area contributed by atoms with Crippen molar-refractivity contribution in [3.63, 3.8) is 0 Å². The van der Waals surface area contributed by atoms with E-state index in [2.05, 4.69) is 0 Å². The van der Waals surface area contributed by atoms with Crippen molar-refractivity contribution < 1.29 is 29.7 Å². The number of aromatic hydroxyl groups is 2. The van der Waals surface area contributed by atoms with Crippen LogP contribution in [0.15, 0.2) is 78.9 Å². The maximum atomic E-state index is 13.5. The molecule has 0 saturated heterocycles. The van der Waals surface area contributed by atoms with Gasteiger partial charge >= 0.3 is 5.97 Å². The second-order valence-corrected chi connectivity index (χ2v) is 8.54. The number of imide groups is 1. The summed E-state index contributed by atoms with van der Waals surface area (Å²) in [6.45, 7) is 0. The van der Waals surface area contributed by atoms with Crippen LogP contribution in [-0.4, -0.2) is 56.1 Å². The molecule has 0 aliphatic carbocycles. The number of phenols is 2. The van der Waals surface area contributed by atoms with Crippen molar-refractivity contribution >= 4 is 17.8 Å². The summed E-state index contributed by atoms with van der Waals surface area (Å²) in [6, 6.07) is 16.8. The van der Waals surface area contributed by atoms with Gasteiger partial charge in [-0.15, -0.1) is 0 Å². The molecule has 188 valence electrons. The molecule has 3 unspecified atom stereocenters. The maximum Gasteiger partial charge on any atom is 0.327 e. The van der Waals surface area contributed by atoms with Crippen molar-refractivity contribution in [3.05, 3.63) is 95.6 Å². The molecular formula is C27H29N3O6. The van der Waals surface area contributed by atoms with Gasteiger partial charge in [0.15, 0.2) is 0 Å². The average molecular weight is 492 g/mol. The highest BCUT2D eigenvalue weighted by atomic mass is 16.4. The number of carboxylic acids is 1. The predicted molar refractivity (Wildman–Crippen MR) is 133 cm³/mol. The number of hydrogen-bond donors (Lipinski definition) is 5. The molecule has 36 heavy (non-hydrogen) atoms. The van der Waals surface area contributed by atoms with Crippen LogP contribution in [-0.2, 0) is 33.6 Å². The first-order valence-electron chi connectivity index (χ1n) is 11.4. The summed E-state index contributed by atoms with van der Waals surface area (Å²) >= 11 is 0. The van der Waals surface area contributed by atoms with E-state index in [0.717, 1.165) is 0 Å². The minimum absolute atomic E-state index is 0.0216. The highest BCUT2D eigenvalue weighted by Crippen LogP contribution is 2.17. The minimum Gasteiger partial charge on any atom is -0.508 e. The summed E-state index contributed by atoms with van der Waals surface area (Å²) in [5.74, 6) is -3.00. The number of benzene rings is 3. The maximum absolute atomic E-state index is 13.5. The van der Waals surface area contributed by atoms with Gasteiger partial charge in [0.2, 0.25) is 11.8 Å². The average Bonchev–Trinajstić information content (AvgIpc) is 2.86. The van der Waals surface area contributed by atoms with Crippen molar-refractivity contribution in [2.45, 2.75) is 37.4 Å². The Morgan fingerprint density at radius 1 is 0.639 bits per heavy atom. The topological polar surface area (TPSA) is 167 Å². The fraction of sp³-hybridized carbons (Fsp3) is 0.222. The number of carbonyl (C=O) groups is 3. The lowest BCUT2D eigenvalue weighted by molar-refractivity contribution is -0.159. The molecule has 0 aliphatic heterocycles. The van der Waals surface area contributed by atoms with Crippen LogP contribution in [0.5, 0.6) is 11.5 Å². The van der Waals surface area contributed by atoms with Crippen LogP contribution in [0.1, 0.15) is 16.7 Å². The highest BCUT2D eigenvalue weighted by molar-refractivity contribution is 6.03. The zero-order chi connectivity index (χ0) is 26.2. The summed E-state index contributed by atoms with van der Waals surface area (Å²) in [5, 5.41) is 29.0. The molecule has 3 aromatic rings. The zero-order valence-corrected chi connectivity index (χ0v) is 19.5. The fourth-order valence-corrected chi connectivity index (χ4v) is 3.85. The second-order valence-electron chi connectivity index (χ2n) is 8.54. The third kappa shape index (κ3) is 6.91. The minimum atomic E-state index is -1.52. The number of aliphatic carboxylic acids is 1. The van der Waals surface area contributed by atoms with Gasteiger partial charge in [0.1, 0.15) is 17.5 Å². The van der Waals surface area contributed by atoms with Crippen LogP contribution >= 0.6 is 0 Å². The Kier molecular flexibility index (Phi) is 8.77. The molecule has 2 amide bonds. The normalized spacial score (nSPS) is 13.4. The van der Waals surface area contributed by atoms with E-state index in [1.165, 1.54) is 24.3 Å². The van der Waals surface area contributed by atoms with Crippen LogP contribution in [0.2, 0.25) is 0 Å². The Balaban J connectivity index is 1.90. The lowest BCUT2D eigenvalue weighted by Crippen LogP contribution is -2.59. The fourth-order valence-electron chi connectivity index (χ4n) is 3.85. The van der Waals surface area contributed by atoms with Gasteiger partial charge in [0.05, 0.1) is 12.1 Å². The van der Waals surface area contributed by atoms with Gasteiger partial charge in [-0.1, -0.05) is 54.6 Å². The van der Waals surface area contributed by atoms with Crippen LogP contribution in [0.4, 0.5) is 0 Å². The van der Waals surface area contributed by atoms with E-state index in [4.69, 9.17) is 11.5 Å². The van der Waals surface area contributed by atoms with Crippen LogP contribution in [0, 0.1) is 0 Å². The standard InChI is InChI=1S/C27H29N3O6/c28-22(14-18-6-10-20(31)11-7-18)25(33)30(24(27(35)36)16-17-4-2-1-3-5-17)26(34)23(29)15-19-8-12-21(32)13-9-19/h1-13,22-24,31-32H,14-16,28-29H2,(H,35,36). The van der Waals surface area contributed by atoms with Gasteiger partial charge in [0.25, 0.3) is 0 Å². The summed E-state index contributed by atoms with van der Waals surface area (Å²) < 4.78 is 0. The molecule has 9 nitrogen and oxygen atoms in total. The highest BCUT2D eigenvalue weighted by Gasteiger charge is 2.39. The van der Waals surface area contributed by atoms with Crippen LogP contribution < -0.4 is 11.5 Å². The SMILES string of the molecule is NC(Cc1ccc(O)cc1)C(=O)N(C(=O)C(N)Cc1ccc(O)cc1)C(Cc1ccccc1)C(=O)O. The van der Waals surface area contributed by atoms with E-state index in [0.29, 0.717) is 21.6 Å². The number of phenolic OH excluding ortho intramolecular Hbond substituents is 2. The molecule has 0 radical (unpaired) electrons. The van der Waals surface area contributed by atoms with E-state index in [9.17, 15) is 29.7 Å². The van der Waals surface area contributed by atoms with Crippen LogP contribution in [0.25, 0.3) is 0 Å². The molecule has 0 aromatic heterocycles. The molecule has 0 fully saturated rings. The molecule has 0 saturated carbocycles. The number of nitrogens with zero attached hydrogens (tertiary/aromatic N) is 1. The van der Waals surface area contributed by atoms with E-state index >= 15 is 0 Å². The van der Waals surface area contributed by atoms with Gasteiger partial charge in [0, 0.05) is 6.42 Å². The molecule has 0 spiro atoms. The first-order valence-corrected chi connectivity index (χ1v) is 11.4. The van der Waals surface area contributed by atoms with E-state index in [1.54, 1.807) is 54.6 Å². The van der Waals surface area contributed by atoms with Gasteiger partial charge in [-0.2, -0.15) is 0 Å². The number of nitrogens with two attached hydrogens (primary N) is 2. The molecule has 3 rings (SSSR count). The largest absolute Gasteiger partial charge is 0.508 e. The lowest BCUT2D eigenvalue weighted by atomic mass is 9.99. The Morgan fingerprint density at radius 2 is 1.03 bits per heavy atom. The molecule has 7 N–H and O–H groups in total. The van der Waals surface area contributed by atoms with Gasteiger partial charge in [-0.25, -0.2) is 4.79 Å². The number of hydrogen-bond acceptors (Lipinski definition) is 7. The Labute approximate surface area is 208 Å². The third-order valence-electron chi connectivity index (χ3n) is 5.76. The van der Waals surface area contributed by atoms with E-state index < -0.39 is 35.9 Å². The van der Waals surface area contributed by atoms with Crippen molar-refractivity contribution in [3.8, 4) is 11.5 Å². The monoisotopic (exact) mass is 491 g/mol. The van der Waals surface area contributed by atoms with Crippen molar-refractivity contribution in [2.75, 3.05) is 0 Å². The lowest BCUT2D eigenvalue weighted by Gasteiger charge is -2.31. The number of amides is 2. The van der Waals surface area contributed by atoms with E-state index in [1.807, 2.05) is 0 Å². The second kappa shape index (κ2) is 12.0. The van der Waals surface area contributed by atoms with E-state index in [-0.39, 0.29) is 30.8 Å². The number of rotatable bonds is 10. The Morgan fingerprint density at radius 3 is 1.42 bits per heavy atom. The molecule has 9 heteroatoms. The quantitative estimate of drug-likeness (QED) is 0.285. The first kappa shape index (κ1) is 26.4. The summed E-state index contributed by atoms with van der Waals surface area (Å²) in [7, 11) is 0. The summed E-state index contributed by atoms with van der Waals surface area (Å²) in [4.78, 5) is 39.9. The van der Waals surface area contributed by atoms with Gasteiger partial charge < -0.3 is 26.8 Å². The smallest absolute Gasteiger partial charge is 0.327 e. The van der Waals surface area contributed by atoms with Gasteiger partial charge in [-0.05, 0) is 53.8 Å². The van der Waals surface area contributed by atoms with Crippen molar-refractivity contribution in [2.24, 2.45) is 11.5 Å². The summed E-state index contributed by atoms with van der Waals surface area (Å²) in [5.41, 5.74) is 14.2. The molecule has 0 bridgehead atoms. The zero-order valence-electron chi connectivity index (χ0n) is 19.5. The summed E-state index contributed by atoms with van der Waals surface area (Å²) in [6.07, 6.45) is -0.0763. The van der Waals surface area contributed by atoms with Crippen molar-refractivity contribution in [1.29, 1.82) is 0 Å². The predicted octanol–water partition coefficient (Wildman–Crippen LogP) is 1.59. The first-order chi connectivity index (χ1) is 17.2. The van der Waals surface area contributed by atoms with Crippen LogP contribution in [0.3, 0.4) is 0 Å². The Hall–Kier alpha value is -4.21. The molecule has 3 atom stereocenters. The molecule has 0 heterocycles. The van der Waals surface area contributed by atoms with Crippen molar-refractivity contribution in [1.82, 2.24) is 4.90 Å². The molecule has 0 aliphatic rings.